The zero-order valence-electron chi connectivity index (χ0n) is 15.2. The molecule has 0 fully saturated rings. The van der Waals surface area contributed by atoms with E-state index in [0.717, 1.165) is 12.3 Å². The number of Topliss-reactive ketones (excluding diaryl/α,β-unsaturated/α-hetero) is 1. The van der Waals surface area contributed by atoms with Crippen molar-refractivity contribution in [2.75, 3.05) is 22.4 Å². The molecule has 0 bridgehead atoms. The van der Waals surface area contributed by atoms with Gasteiger partial charge in [-0.3, -0.25) is 13.9 Å². The van der Waals surface area contributed by atoms with E-state index in [-0.39, 0.29) is 16.5 Å². The third-order valence-electron chi connectivity index (χ3n) is 3.78. The number of hydrogen-bond acceptors (Lipinski definition) is 4. The summed E-state index contributed by atoms with van der Waals surface area (Å²) in [5.74, 6) is -1.07. The summed E-state index contributed by atoms with van der Waals surface area (Å²) in [6.45, 7) is 0.520. The number of rotatable bonds is 6. The Kier molecular flexibility index (Phi) is 6.59. The first kappa shape index (κ1) is 22.7. The Morgan fingerprint density at radius 2 is 1.79 bits per heavy atom. The molecule has 0 atom stereocenters. The fraction of sp³-hybridized carbons (Fsp3) is 0.222. The van der Waals surface area contributed by atoms with Crippen molar-refractivity contribution in [2.24, 2.45) is 0 Å². The van der Waals surface area contributed by atoms with Crippen LogP contribution in [0.15, 0.2) is 42.5 Å². The summed E-state index contributed by atoms with van der Waals surface area (Å²) in [5, 5.41) is 2.14. The molecule has 0 aliphatic rings. The normalized spacial score (nSPS) is 11.8. The number of hydrogen-bond donors (Lipinski definition) is 1. The number of sulfonamides is 1. The Morgan fingerprint density at radius 3 is 2.34 bits per heavy atom. The lowest BCUT2D eigenvalue weighted by Crippen LogP contribution is -2.37. The summed E-state index contributed by atoms with van der Waals surface area (Å²) < 4.78 is 63.7. The quantitative estimate of drug-likeness (QED) is 0.678. The second-order valence-electron chi connectivity index (χ2n) is 6.12. The highest BCUT2D eigenvalue weighted by molar-refractivity contribution is 7.92. The van der Waals surface area contributed by atoms with Gasteiger partial charge < -0.3 is 5.32 Å². The molecule has 2 rings (SSSR count). The molecule has 0 aromatic heterocycles. The molecule has 156 valence electrons. The maximum absolute atomic E-state index is 13.0. The fourth-order valence-electron chi connectivity index (χ4n) is 2.41. The van der Waals surface area contributed by atoms with Crippen molar-refractivity contribution < 1.29 is 31.2 Å². The zero-order chi connectivity index (χ0) is 22.0. The predicted octanol–water partition coefficient (Wildman–Crippen LogP) is 3.97. The summed E-state index contributed by atoms with van der Waals surface area (Å²) >= 11 is 5.90. The summed E-state index contributed by atoms with van der Waals surface area (Å²) in [6.07, 6.45) is -3.98. The van der Waals surface area contributed by atoms with Gasteiger partial charge in [0.05, 0.1) is 22.5 Å². The number of anilines is 2. The number of ketones is 1. The van der Waals surface area contributed by atoms with Gasteiger partial charge in [-0.05, 0) is 37.3 Å². The molecule has 29 heavy (non-hydrogen) atoms. The largest absolute Gasteiger partial charge is 0.416 e. The third-order valence-corrected chi connectivity index (χ3v) is 5.23. The van der Waals surface area contributed by atoms with Gasteiger partial charge in [0.1, 0.15) is 6.54 Å². The van der Waals surface area contributed by atoms with Crippen LogP contribution in [0.1, 0.15) is 22.8 Å². The Labute approximate surface area is 170 Å². The molecular weight excluding hydrogens is 433 g/mol. The van der Waals surface area contributed by atoms with Crippen LogP contribution in [0, 0.1) is 0 Å². The molecule has 0 radical (unpaired) electrons. The molecule has 2 aromatic carbocycles. The van der Waals surface area contributed by atoms with E-state index in [2.05, 4.69) is 5.32 Å². The summed E-state index contributed by atoms with van der Waals surface area (Å²) in [5.41, 5.74) is -1.04. The van der Waals surface area contributed by atoms with Crippen LogP contribution >= 0.6 is 11.6 Å². The summed E-state index contributed by atoms with van der Waals surface area (Å²) in [6, 6.07) is 8.10. The molecule has 1 N–H and O–H groups in total. The van der Waals surface area contributed by atoms with Crippen molar-refractivity contribution >= 4 is 44.7 Å². The Balaban J connectivity index is 2.35. The lowest BCUT2D eigenvalue weighted by atomic mass is 10.1. The minimum Gasteiger partial charge on any atom is -0.324 e. The second kappa shape index (κ2) is 8.42. The van der Waals surface area contributed by atoms with Crippen LogP contribution in [0.4, 0.5) is 24.5 Å². The summed E-state index contributed by atoms with van der Waals surface area (Å²) in [4.78, 5) is 23.8. The number of nitrogens with one attached hydrogen (secondary N) is 1. The molecular formula is C18H16ClF3N2O4S. The number of halogens is 4. The second-order valence-corrected chi connectivity index (χ2v) is 8.43. The van der Waals surface area contributed by atoms with Crippen LogP contribution in [0.25, 0.3) is 0 Å². The Morgan fingerprint density at radius 1 is 1.14 bits per heavy atom. The van der Waals surface area contributed by atoms with E-state index in [1.54, 1.807) is 0 Å². The fourth-order valence-corrected chi connectivity index (χ4v) is 3.54. The van der Waals surface area contributed by atoms with Crippen LogP contribution < -0.4 is 9.62 Å². The van der Waals surface area contributed by atoms with Gasteiger partial charge in [-0.1, -0.05) is 23.7 Å². The van der Waals surface area contributed by atoms with E-state index in [0.29, 0.717) is 22.0 Å². The first-order valence-corrected chi connectivity index (χ1v) is 10.3. The average molecular weight is 449 g/mol. The number of benzene rings is 2. The van der Waals surface area contributed by atoms with E-state index < -0.39 is 39.9 Å². The highest BCUT2D eigenvalue weighted by Crippen LogP contribution is 2.36. The SMILES string of the molecule is CC(=O)c1cccc(NC(=O)CN(c2cc(C(F)(F)F)ccc2Cl)S(C)(=O)=O)c1. The minimum absolute atomic E-state index is 0.228. The smallest absolute Gasteiger partial charge is 0.324 e. The van der Waals surface area contributed by atoms with Gasteiger partial charge in [-0.2, -0.15) is 13.2 Å². The van der Waals surface area contributed by atoms with Crippen molar-refractivity contribution in [2.45, 2.75) is 13.1 Å². The van der Waals surface area contributed by atoms with Gasteiger partial charge in [0.15, 0.2) is 5.78 Å². The lowest BCUT2D eigenvalue weighted by Gasteiger charge is -2.24. The number of amides is 1. The highest BCUT2D eigenvalue weighted by Gasteiger charge is 2.33. The van der Waals surface area contributed by atoms with Crippen molar-refractivity contribution in [3.63, 3.8) is 0 Å². The average Bonchev–Trinajstić information content (AvgIpc) is 2.58. The maximum Gasteiger partial charge on any atom is 0.416 e. The van der Waals surface area contributed by atoms with Gasteiger partial charge in [-0.15, -0.1) is 0 Å². The van der Waals surface area contributed by atoms with Crippen LogP contribution in [-0.2, 0) is 21.0 Å². The topological polar surface area (TPSA) is 83.6 Å². The molecule has 1 amide bonds. The molecule has 0 heterocycles. The predicted molar refractivity (Wildman–Crippen MR) is 104 cm³/mol. The van der Waals surface area contributed by atoms with Gasteiger partial charge in [0.25, 0.3) is 0 Å². The molecule has 11 heteroatoms. The number of nitrogens with zero attached hydrogens (tertiary/aromatic N) is 1. The lowest BCUT2D eigenvalue weighted by molar-refractivity contribution is -0.137. The van der Waals surface area contributed by atoms with Crippen molar-refractivity contribution in [3.05, 3.63) is 58.6 Å². The van der Waals surface area contributed by atoms with Crippen molar-refractivity contribution in [1.82, 2.24) is 0 Å². The Bertz CT molecular complexity index is 1060. The van der Waals surface area contributed by atoms with Crippen molar-refractivity contribution in [1.29, 1.82) is 0 Å². The maximum atomic E-state index is 13.0. The monoisotopic (exact) mass is 448 g/mol. The van der Waals surface area contributed by atoms with Crippen LogP contribution in [-0.4, -0.2) is 32.9 Å². The van der Waals surface area contributed by atoms with E-state index in [1.165, 1.54) is 31.2 Å². The summed E-state index contributed by atoms with van der Waals surface area (Å²) in [7, 11) is -4.15. The van der Waals surface area contributed by atoms with Gasteiger partial charge in [-0.25, -0.2) is 8.42 Å². The molecule has 0 saturated heterocycles. The molecule has 0 spiro atoms. The van der Waals surface area contributed by atoms with E-state index >= 15 is 0 Å². The first-order valence-electron chi connectivity index (χ1n) is 8.04. The zero-order valence-corrected chi connectivity index (χ0v) is 16.8. The molecule has 0 unspecified atom stereocenters. The van der Waals surface area contributed by atoms with Gasteiger partial charge >= 0.3 is 6.18 Å². The van der Waals surface area contributed by atoms with E-state index in [4.69, 9.17) is 11.6 Å². The first-order chi connectivity index (χ1) is 13.3. The van der Waals surface area contributed by atoms with E-state index in [9.17, 15) is 31.2 Å². The van der Waals surface area contributed by atoms with Crippen LogP contribution in [0.3, 0.4) is 0 Å². The van der Waals surface area contributed by atoms with E-state index in [1.807, 2.05) is 0 Å². The van der Waals surface area contributed by atoms with Crippen molar-refractivity contribution in [3.8, 4) is 0 Å². The number of alkyl halides is 3. The van der Waals surface area contributed by atoms with Gasteiger partial charge in [0, 0.05) is 11.3 Å². The molecule has 2 aromatic rings. The molecule has 0 saturated carbocycles. The highest BCUT2D eigenvalue weighted by atomic mass is 35.5. The van der Waals surface area contributed by atoms with Gasteiger partial charge in [0.2, 0.25) is 15.9 Å². The standard InChI is InChI=1S/C18H16ClF3N2O4S/c1-11(25)12-4-3-5-14(8-12)23-17(26)10-24(29(2,27)28)16-9-13(18(20,21)22)6-7-15(16)19/h3-9H,10H2,1-2H3,(H,23,26). The van der Waals surface area contributed by atoms with Crippen LogP contribution in [0.5, 0.6) is 0 Å². The number of carbonyl (C=O) groups is 2. The molecule has 0 aliphatic heterocycles. The minimum atomic E-state index is -4.72. The Hall–Kier alpha value is -2.59. The number of carbonyl (C=O) groups excluding carboxylic acids is 2. The molecule has 6 nitrogen and oxygen atoms in total. The van der Waals surface area contributed by atoms with Crippen LogP contribution in [0.2, 0.25) is 5.02 Å². The molecule has 0 aliphatic carbocycles. The third kappa shape index (κ3) is 5.94.